The lowest BCUT2D eigenvalue weighted by molar-refractivity contribution is 0.201. The molecule has 4 atom stereocenters. The van der Waals surface area contributed by atoms with Crippen molar-refractivity contribution >= 4 is 34.1 Å². The molecule has 0 aromatic heterocycles. The number of para-hydroxylation sites is 2. The van der Waals surface area contributed by atoms with Gasteiger partial charge in [0.15, 0.2) is 0 Å². The van der Waals surface area contributed by atoms with Crippen molar-refractivity contribution < 1.29 is 0 Å². The Morgan fingerprint density at radius 3 is 1.54 bits per heavy atom. The molecule has 1 spiro atoms. The van der Waals surface area contributed by atoms with Gasteiger partial charge in [0.2, 0.25) is 0 Å². The predicted octanol–water partition coefficient (Wildman–Crippen LogP) is 21.6. The number of fused-ring (bicyclic) bond motifs is 13. The molecule has 1 saturated carbocycles. The monoisotopic (exact) mass is 1060 g/mol. The van der Waals surface area contributed by atoms with Gasteiger partial charge >= 0.3 is 0 Å². The molecule has 15 rings (SSSR count). The van der Waals surface area contributed by atoms with Crippen molar-refractivity contribution in [3.05, 3.63) is 300 Å². The lowest BCUT2D eigenvalue weighted by Gasteiger charge is -2.34. The Balaban J connectivity index is 0.974. The number of benzene rings is 11. The van der Waals surface area contributed by atoms with Gasteiger partial charge < -0.3 is 9.80 Å². The maximum Gasteiger partial charge on any atom is 0.0727 e. The molecule has 0 amide bonds. The van der Waals surface area contributed by atoms with Crippen LogP contribution in [0.1, 0.15) is 92.3 Å². The summed E-state index contributed by atoms with van der Waals surface area (Å²) in [7, 11) is 0. The molecular weight excluding hydrogens is 989 g/mol. The molecule has 4 aliphatic carbocycles. The Hall–Kier alpha value is -8.98. The van der Waals surface area contributed by atoms with E-state index in [1.807, 2.05) is 0 Å². The van der Waals surface area contributed by atoms with Crippen LogP contribution in [0.2, 0.25) is 0 Å². The molecule has 2 heteroatoms. The summed E-state index contributed by atoms with van der Waals surface area (Å²) in [6.07, 6.45) is 6.45. The van der Waals surface area contributed by atoms with E-state index in [1.165, 1.54) is 120 Å². The SMILES string of the molecule is CCC1CC(C)CC(Cc2ccc(N(c3ccccc3)c3cc4c(cc3-c3ccccc3)-c3cc(-c5ccccc5)ccc3C43c4ccccc4-c4ccc(N(c5ccccc5)c5ccc6c(c5)-c5ccccc5C6(C)C)cc43)cc2)C1. The maximum absolute atomic E-state index is 2.60. The second-order valence-corrected chi connectivity index (χ2v) is 24.5. The van der Waals surface area contributed by atoms with Crippen LogP contribution in [0.15, 0.2) is 261 Å². The van der Waals surface area contributed by atoms with E-state index in [4.69, 9.17) is 0 Å². The molecule has 4 unspecified atom stereocenters. The average molecular weight is 1060 g/mol. The maximum atomic E-state index is 2.60. The van der Waals surface area contributed by atoms with Crippen molar-refractivity contribution in [2.75, 3.05) is 9.80 Å². The average Bonchev–Trinajstić information content (AvgIpc) is 1.92. The van der Waals surface area contributed by atoms with Crippen LogP contribution in [0, 0.1) is 17.8 Å². The van der Waals surface area contributed by atoms with Crippen LogP contribution in [0.4, 0.5) is 34.1 Å². The standard InChI is InChI=1S/C80H68N2/c1-5-54-44-53(2)45-56(46-54)47-55-34-37-62(38-35-55)82(61-28-16-9-17-29-61)78-52-77-71(51-68(78)58-24-12-7-13-25-58)69-48-59(57-22-10-6-11-23-57)36-42-75(69)80(77)74-33-21-19-30-65(74)67-41-39-64(50-76(67)80)81(60-26-14-8-15-27-60)63-40-43-73-70(49-63)66-31-18-20-32-72(66)79(73,3)4/h6-43,48-54,56H,5,44-47H2,1-4H3. The predicted molar refractivity (Wildman–Crippen MR) is 345 cm³/mol. The van der Waals surface area contributed by atoms with Gasteiger partial charge in [-0.3, -0.25) is 0 Å². The molecule has 2 nitrogen and oxygen atoms in total. The highest BCUT2D eigenvalue weighted by atomic mass is 15.1. The summed E-state index contributed by atoms with van der Waals surface area (Å²) in [5.41, 5.74) is 27.9. The van der Waals surface area contributed by atoms with Crippen LogP contribution in [0.5, 0.6) is 0 Å². The second-order valence-electron chi connectivity index (χ2n) is 24.5. The highest BCUT2D eigenvalue weighted by Crippen LogP contribution is 2.65. The molecule has 0 N–H and O–H groups in total. The van der Waals surface area contributed by atoms with Crippen LogP contribution in [-0.4, -0.2) is 0 Å². The van der Waals surface area contributed by atoms with E-state index in [2.05, 4.69) is 298 Å². The van der Waals surface area contributed by atoms with Crippen molar-refractivity contribution in [3.8, 4) is 55.6 Å². The first-order chi connectivity index (χ1) is 40.3. The van der Waals surface area contributed by atoms with Crippen molar-refractivity contribution in [3.63, 3.8) is 0 Å². The molecular formula is C80H68N2. The van der Waals surface area contributed by atoms with Gasteiger partial charge in [-0.15, -0.1) is 0 Å². The third kappa shape index (κ3) is 8.05. The van der Waals surface area contributed by atoms with E-state index in [-0.39, 0.29) is 5.41 Å². The molecule has 0 aliphatic heterocycles. The number of nitrogens with zero attached hydrogens (tertiary/aromatic N) is 2. The quantitative estimate of drug-likeness (QED) is 0.127. The van der Waals surface area contributed by atoms with E-state index >= 15 is 0 Å². The van der Waals surface area contributed by atoms with Gasteiger partial charge in [-0.25, -0.2) is 0 Å². The summed E-state index contributed by atoms with van der Waals surface area (Å²) in [5.74, 6) is 2.35. The summed E-state index contributed by atoms with van der Waals surface area (Å²) in [6.45, 7) is 9.59. The van der Waals surface area contributed by atoms with Gasteiger partial charge in [0.25, 0.3) is 0 Å². The minimum absolute atomic E-state index is 0.0951. The van der Waals surface area contributed by atoms with E-state index in [9.17, 15) is 0 Å². The first-order valence-electron chi connectivity index (χ1n) is 30.0. The van der Waals surface area contributed by atoms with E-state index < -0.39 is 5.41 Å². The zero-order valence-electron chi connectivity index (χ0n) is 47.5. The lowest BCUT2D eigenvalue weighted by atomic mass is 9.70. The summed E-state index contributed by atoms with van der Waals surface area (Å²) < 4.78 is 0. The van der Waals surface area contributed by atoms with Crippen molar-refractivity contribution in [1.82, 2.24) is 0 Å². The fourth-order valence-electron chi connectivity index (χ4n) is 15.6. The summed E-state index contributed by atoms with van der Waals surface area (Å²) in [6, 6.07) is 99.0. The number of hydrogen-bond donors (Lipinski definition) is 0. The van der Waals surface area contributed by atoms with Gasteiger partial charge in [-0.2, -0.15) is 0 Å². The molecule has 0 radical (unpaired) electrons. The molecule has 0 bridgehead atoms. The van der Waals surface area contributed by atoms with Crippen molar-refractivity contribution in [1.29, 1.82) is 0 Å². The van der Waals surface area contributed by atoms with Gasteiger partial charge in [-0.1, -0.05) is 216 Å². The van der Waals surface area contributed by atoms with E-state index in [0.29, 0.717) is 0 Å². The Labute approximate surface area is 485 Å². The van der Waals surface area contributed by atoms with Gasteiger partial charge in [0.05, 0.1) is 11.1 Å². The van der Waals surface area contributed by atoms with Crippen molar-refractivity contribution in [2.45, 2.75) is 70.6 Å². The first kappa shape index (κ1) is 50.0. The smallest absolute Gasteiger partial charge is 0.0727 e. The Morgan fingerprint density at radius 1 is 0.341 bits per heavy atom. The normalized spacial score (nSPS) is 18.5. The van der Waals surface area contributed by atoms with Crippen LogP contribution in [0.3, 0.4) is 0 Å². The lowest BCUT2D eigenvalue weighted by Crippen LogP contribution is -2.26. The third-order valence-electron chi connectivity index (χ3n) is 19.3. The van der Waals surface area contributed by atoms with Gasteiger partial charge in [0.1, 0.15) is 0 Å². The first-order valence-corrected chi connectivity index (χ1v) is 30.0. The number of anilines is 6. The minimum atomic E-state index is -0.672. The van der Waals surface area contributed by atoms with E-state index in [0.717, 1.165) is 58.3 Å². The topological polar surface area (TPSA) is 6.48 Å². The second kappa shape index (κ2) is 19.9. The molecule has 11 aromatic rings. The number of rotatable bonds is 11. The highest BCUT2D eigenvalue weighted by molar-refractivity contribution is 6.02. The summed E-state index contributed by atoms with van der Waals surface area (Å²) in [4.78, 5) is 5.03. The molecule has 1 fully saturated rings. The van der Waals surface area contributed by atoms with Gasteiger partial charge in [-0.05, 0) is 211 Å². The summed E-state index contributed by atoms with van der Waals surface area (Å²) in [5, 5.41) is 0. The molecule has 11 aromatic carbocycles. The van der Waals surface area contributed by atoms with Crippen molar-refractivity contribution in [2.24, 2.45) is 17.8 Å². The Bertz CT molecular complexity index is 4200. The molecule has 0 heterocycles. The Morgan fingerprint density at radius 2 is 0.829 bits per heavy atom. The zero-order chi connectivity index (χ0) is 55.1. The molecule has 0 saturated heterocycles. The van der Waals surface area contributed by atoms with Crippen LogP contribution >= 0.6 is 0 Å². The fourth-order valence-corrected chi connectivity index (χ4v) is 15.6. The summed E-state index contributed by atoms with van der Waals surface area (Å²) >= 11 is 0. The zero-order valence-corrected chi connectivity index (χ0v) is 47.5. The van der Waals surface area contributed by atoms with Gasteiger partial charge in [0, 0.05) is 39.4 Å². The Kier molecular flexibility index (Phi) is 12.2. The third-order valence-corrected chi connectivity index (χ3v) is 19.3. The van der Waals surface area contributed by atoms with E-state index in [1.54, 1.807) is 0 Å². The van der Waals surface area contributed by atoms with Crippen LogP contribution < -0.4 is 9.80 Å². The molecule has 4 aliphatic rings. The highest BCUT2D eigenvalue weighted by Gasteiger charge is 2.53. The fraction of sp³-hybridized carbons (Fsp3) is 0.175. The minimum Gasteiger partial charge on any atom is -0.310 e. The van der Waals surface area contributed by atoms with Crippen LogP contribution in [-0.2, 0) is 17.3 Å². The molecule has 82 heavy (non-hydrogen) atoms. The largest absolute Gasteiger partial charge is 0.310 e. The van der Waals surface area contributed by atoms with Crippen LogP contribution in [0.25, 0.3) is 55.6 Å². The molecule has 398 valence electrons. The number of hydrogen-bond acceptors (Lipinski definition) is 2.